The van der Waals surface area contributed by atoms with Gasteiger partial charge in [-0.3, -0.25) is 0 Å². The maximum Gasteiger partial charge on any atom is 0.165 e. The van der Waals surface area contributed by atoms with E-state index < -0.39 is 5.82 Å². The third-order valence-corrected chi connectivity index (χ3v) is 2.07. The fourth-order valence-corrected chi connectivity index (χ4v) is 1.31. The van der Waals surface area contributed by atoms with Crippen molar-refractivity contribution in [1.29, 1.82) is 0 Å². The fraction of sp³-hybridized carbons (Fsp3) is 0.273. The normalized spacial score (nSPS) is 12.5. The number of benzene rings is 1. The molecule has 0 spiro atoms. The molecule has 1 nitrogen and oxygen atoms in total. The molecule has 2 heteroatoms. The molecule has 1 rings (SSSR count). The van der Waals surface area contributed by atoms with Gasteiger partial charge in [0.2, 0.25) is 0 Å². The lowest BCUT2D eigenvalue weighted by atomic mass is 9.97. The molecule has 1 aromatic rings. The van der Waals surface area contributed by atoms with Crippen LogP contribution in [-0.2, 0) is 0 Å². The highest BCUT2D eigenvalue weighted by molar-refractivity contribution is 5.36. The van der Waals surface area contributed by atoms with Crippen molar-refractivity contribution in [2.45, 2.75) is 19.3 Å². The van der Waals surface area contributed by atoms with Gasteiger partial charge in [0, 0.05) is 5.56 Å². The van der Waals surface area contributed by atoms with Crippen LogP contribution in [0.3, 0.4) is 0 Å². The summed E-state index contributed by atoms with van der Waals surface area (Å²) in [6, 6.07) is 4.58. The van der Waals surface area contributed by atoms with E-state index in [2.05, 4.69) is 6.58 Å². The highest BCUT2D eigenvalue weighted by atomic mass is 19.1. The molecule has 0 amide bonds. The highest BCUT2D eigenvalue weighted by Crippen LogP contribution is 2.29. The Balaban J connectivity index is 3.00. The van der Waals surface area contributed by atoms with Crippen molar-refractivity contribution in [1.82, 2.24) is 0 Å². The van der Waals surface area contributed by atoms with Crippen molar-refractivity contribution in [3.05, 3.63) is 42.2 Å². The van der Waals surface area contributed by atoms with Crippen LogP contribution >= 0.6 is 0 Å². The molecule has 0 bridgehead atoms. The average Bonchev–Trinajstić information content (AvgIpc) is 2.10. The zero-order valence-electron chi connectivity index (χ0n) is 7.63. The average molecular weight is 180 g/mol. The summed E-state index contributed by atoms with van der Waals surface area (Å²) in [5, 5.41) is 9.39. The second-order valence-corrected chi connectivity index (χ2v) is 3.10. The Labute approximate surface area is 77.5 Å². The highest BCUT2D eigenvalue weighted by Gasteiger charge is 2.11. The van der Waals surface area contributed by atoms with Gasteiger partial charge in [-0.05, 0) is 18.4 Å². The Hall–Kier alpha value is -1.31. The van der Waals surface area contributed by atoms with E-state index in [0.717, 1.165) is 6.42 Å². The Morgan fingerprint density at radius 1 is 1.62 bits per heavy atom. The van der Waals surface area contributed by atoms with Gasteiger partial charge < -0.3 is 5.11 Å². The molecule has 1 N–H and O–H groups in total. The third-order valence-electron chi connectivity index (χ3n) is 2.07. The van der Waals surface area contributed by atoms with Crippen LogP contribution in [0.5, 0.6) is 5.75 Å². The Kier molecular flexibility index (Phi) is 3.07. The van der Waals surface area contributed by atoms with Crippen LogP contribution in [0.25, 0.3) is 0 Å². The molecule has 0 aliphatic carbocycles. The van der Waals surface area contributed by atoms with E-state index >= 15 is 0 Å². The summed E-state index contributed by atoms with van der Waals surface area (Å²) >= 11 is 0. The van der Waals surface area contributed by atoms with Crippen LogP contribution in [0.1, 0.15) is 24.8 Å². The maximum atomic E-state index is 12.9. The number of phenolic OH excluding ortho intramolecular Hbond substituents is 1. The first-order chi connectivity index (χ1) is 6.16. The van der Waals surface area contributed by atoms with Gasteiger partial charge in [0.15, 0.2) is 11.6 Å². The molecular weight excluding hydrogens is 167 g/mol. The molecule has 1 atom stereocenters. The number of rotatable bonds is 3. The van der Waals surface area contributed by atoms with Gasteiger partial charge in [-0.25, -0.2) is 4.39 Å². The summed E-state index contributed by atoms with van der Waals surface area (Å²) in [7, 11) is 0. The number of allylic oxidation sites excluding steroid dienone is 1. The molecule has 0 saturated carbocycles. The van der Waals surface area contributed by atoms with E-state index in [-0.39, 0.29) is 11.7 Å². The minimum absolute atomic E-state index is 0.105. The first kappa shape index (κ1) is 9.78. The Bertz CT molecular complexity index is 307. The van der Waals surface area contributed by atoms with Crippen molar-refractivity contribution in [3.63, 3.8) is 0 Å². The van der Waals surface area contributed by atoms with E-state index in [0.29, 0.717) is 5.56 Å². The molecule has 0 heterocycles. The summed E-state index contributed by atoms with van der Waals surface area (Å²) in [4.78, 5) is 0. The van der Waals surface area contributed by atoms with Crippen molar-refractivity contribution >= 4 is 0 Å². The minimum atomic E-state index is -0.562. The van der Waals surface area contributed by atoms with Crippen molar-refractivity contribution in [3.8, 4) is 5.75 Å². The number of halogens is 1. The summed E-state index contributed by atoms with van der Waals surface area (Å²) < 4.78 is 12.9. The lowest BCUT2D eigenvalue weighted by molar-refractivity contribution is 0.422. The largest absolute Gasteiger partial charge is 0.505 e. The van der Waals surface area contributed by atoms with E-state index in [1.807, 2.05) is 6.92 Å². The number of phenols is 1. The number of hydrogen-bond donors (Lipinski definition) is 1. The van der Waals surface area contributed by atoms with Gasteiger partial charge in [-0.15, -0.1) is 6.58 Å². The van der Waals surface area contributed by atoms with E-state index in [1.54, 1.807) is 18.2 Å². The summed E-state index contributed by atoms with van der Waals surface area (Å²) in [5.74, 6) is -0.696. The molecule has 70 valence electrons. The van der Waals surface area contributed by atoms with E-state index in [4.69, 9.17) is 0 Å². The molecular formula is C11H13FO. The number of aromatic hydroxyl groups is 1. The minimum Gasteiger partial charge on any atom is -0.505 e. The summed E-state index contributed by atoms with van der Waals surface area (Å²) in [6.07, 6.45) is 2.49. The predicted molar refractivity (Wildman–Crippen MR) is 51.3 cm³/mol. The zero-order valence-corrected chi connectivity index (χ0v) is 7.63. The van der Waals surface area contributed by atoms with Gasteiger partial charge in [0.05, 0.1) is 0 Å². The van der Waals surface area contributed by atoms with Gasteiger partial charge in [-0.2, -0.15) is 0 Å². The first-order valence-electron chi connectivity index (χ1n) is 4.25. The van der Waals surface area contributed by atoms with Crippen LogP contribution in [0.15, 0.2) is 30.9 Å². The molecule has 13 heavy (non-hydrogen) atoms. The van der Waals surface area contributed by atoms with Crippen LogP contribution < -0.4 is 0 Å². The predicted octanol–water partition coefficient (Wildman–Crippen LogP) is 3.21. The quantitative estimate of drug-likeness (QED) is 0.708. The Morgan fingerprint density at radius 3 is 2.92 bits per heavy atom. The molecule has 0 fully saturated rings. The van der Waals surface area contributed by atoms with Crippen molar-refractivity contribution in [2.75, 3.05) is 0 Å². The van der Waals surface area contributed by atoms with Crippen LogP contribution in [0.4, 0.5) is 4.39 Å². The molecule has 0 saturated heterocycles. The first-order valence-corrected chi connectivity index (χ1v) is 4.25. The van der Waals surface area contributed by atoms with E-state index in [1.165, 1.54) is 6.07 Å². The van der Waals surface area contributed by atoms with Crippen LogP contribution in [0, 0.1) is 5.82 Å². The van der Waals surface area contributed by atoms with E-state index in [9.17, 15) is 9.50 Å². The lowest BCUT2D eigenvalue weighted by Crippen LogP contribution is -1.93. The summed E-state index contributed by atoms with van der Waals surface area (Å²) in [5.41, 5.74) is 0.639. The Morgan fingerprint density at radius 2 is 2.31 bits per heavy atom. The van der Waals surface area contributed by atoms with Gasteiger partial charge in [0.25, 0.3) is 0 Å². The van der Waals surface area contributed by atoms with Gasteiger partial charge in [-0.1, -0.05) is 25.1 Å². The molecule has 0 aliphatic heterocycles. The number of hydrogen-bond acceptors (Lipinski definition) is 1. The second kappa shape index (κ2) is 4.08. The molecule has 1 aromatic carbocycles. The number of para-hydroxylation sites is 1. The topological polar surface area (TPSA) is 20.2 Å². The monoisotopic (exact) mass is 180 g/mol. The third kappa shape index (κ3) is 2.08. The van der Waals surface area contributed by atoms with Crippen molar-refractivity contribution in [2.24, 2.45) is 0 Å². The fourth-order valence-electron chi connectivity index (χ4n) is 1.31. The zero-order chi connectivity index (χ0) is 9.84. The van der Waals surface area contributed by atoms with Gasteiger partial charge in [0.1, 0.15) is 0 Å². The standard InChI is InChI=1S/C11H13FO/c1-3-5-8(2)9-6-4-7-10(12)11(9)13/h3-4,6-8,13H,1,5H2,2H3. The smallest absolute Gasteiger partial charge is 0.165 e. The SMILES string of the molecule is C=CCC(C)c1cccc(F)c1O. The van der Waals surface area contributed by atoms with Gasteiger partial charge >= 0.3 is 0 Å². The molecule has 0 aromatic heterocycles. The lowest BCUT2D eigenvalue weighted by Gasteiger charge is -2.11. The van der Waals surface area contributed by atoms with Crippen LogP contribution in [0.2, 0.25) is 0 Å². The van der Waals surface area contributed by atoms with Crippen molar-refractivity contribution < 1.29 is 9.50 Å². The summed E-state index contributed by atoms with van der Waals surface area (Å²) in [6.45, 7) is 5.53. The molecule has 0 aliphatic rings. The molecule has 0 radical (unpaired) electrons. The van der Waals surface area contributed by atoms with Crippen LogP contribution in [-0.4, -0.2) is 5.11 Å². The second-order valence-electron chi connectivity index (χ2n) is 3.10. The maximum absolute atomic E-state index is 12.9. The molecule has 1 unspecified atom stereocenters.